The van der Waals surface area contributed by atoms with Gasteiger partial charge in [-0.1, -0.05) is 129 Å². The fourth-order valence-corrected chi connectivity index (χ4v) is 3.93. The van der Waals surface area contributed by atoms with Crippen LogP contribution in [0, 0.1) is 0 Å². The molecule has 1 atom stereocenters. The molecule has 0 radical (unpaired) electrons. The number of rotatable bonds is 26. The fraction of sp³-hybridized carbons (Fsp3) is 1.00. The first kappa shape index (κ1) is 32.8. The van der Waals surface area contributed by atoms with Crippen LogP contribution >= 0.6 is 0 Å². The molecular weight excluding hydrogens is 412 g/mol. The first-order valence-electron chi connectivity index (χ1n) is 14.7. The molecule has 0 amide bonds. The quantitative estimate of drug-likeness (QED) is 0.102. The van der Waals surface area contributed by atoms with Crippen molar-refractivity contribution in [3.63, 3.8) is 0 Å². The lowest BCUT2D eigenvalue weighted by Gasteiger charge is -2.05. The van der Waals surface area contributed by atoms with Crippen molar-refractivity contribution < 1.29 is 19.3 Å². The molecule has 0 spiro atoms. The van der Waals surface area contributed by atoms with Crippen molar-refractivity contribution in [3.05, 3.63) is 0 Å². The summed E-state index contributed by atoms with van der Waals surface area (Å²) in [7, 11) is 0. The molecule has 1 aliphatic rings. The maximum Gasteiger partial charge on any atom is 0.104 e. The van der Waals surface area contributed by atoms with Crippen LogP contribution in [-0.2, 0) is 14.2 Å². The van der Waals surface area contributed by atoms with E-state index in [1.54, 1.807) is 0 Å². The van der Waals surface area contributed by atoms with Crippen molar-refractivity contribution in [1.29, 1.82) is 0 Å². The summed E-state index contributed by atoms with van der Waals surface area (Å²) >= 11 is 0. The van der Waals surface area contributed by atoms with E-state index in [0.29, 0.717) is 19.3 Å². The Kier molecular flexibility index (Phi) is 29.7. The van der Waals surface area contributed by atoms with Crippen LogP contribution in [0.5, 0.6) is 0 Å². The average Bonchev–Trinajstić information content (AvgIpc) is 3.65. The number of ether oxygens (including phenoxy) is 3. The standard InChI is InChI=1S/C24H50O.C5H10O3/c1-3-5-7-9-11-13-15-17-19-21-23-25-24-22-20-18-16-14-12-10-8-6-4-2;6-1-2-7-3-5-4-8-5/h3-24H2,1-2H3;5-6H,1-4H2. The van der Waals surface area contributed by atoms with Crippen LogP contribution in [0.25, 0.3) is 0 Å². The Labute approximate surface area is 207 Å². The first-order chi connectivity index (χ1) is 16.3. The zero-order chi connectivity index (χ0) is 24.1. The maximum absolute atomic E-state index is 8.23. The summed E-state index contributed by atoms with van der Waals surface area (Å²) in [5.74, 6) is 0. The third kappa shape index (κ3) is 31.8. The summed E-state index contributed by atoms with van der Waals surface area (Å²) in [6, 6.07) is 0. The SMILES string of the molecule is CCCCCCCCCCCCOCCCCCCCCCCCC.OCCOCC1CO1. The number of aliphatic hydroxyl groups excluding tert-OH is 1. The number of aliphatic hydroxyl groups is 1. The van der Waals surface area contributed by atoms with Crippen molar-refractivity contribution >= 4 is 0 Å². The summed E-state index contributed by atoms with van der Waals surface area (Å²) in [6.45, 7) is 8.57. The van der Waals surface area contributed by atoms with Gasteiger partial charge in [-0.15, -0.1) is 0 Å². The van der Waals surface area contributed by atoms with Gasteiger partial charge in [0.05, 0.1) is 26.4 Å². The Bertz CT molecular complexity index is 312. The van der Waals surface area contributed by atoms with Crippen LogP contribution in [0.15, 0.2) is 0 Å². The molecule has 4 heteroatoms. The van der Waals surface area contributed by atoms with E-state index in [4.69, 9.17) is 19.3 Å². The Morgan fingerprint density at radius 3 is 1.24 bits per heavy atom. The zero-order valence-corrected chi connectivity index (χ0v) is 22.6. The van der Waals surface area contributed by atoms with E-state index in [2.05, 4.69) is 13.8 Å². The van der Waals surface area contributed by atoms with Gasteiger partial charge in [0, 0.05) is 13.2 Å². The van der Waals surface area contributed by atoms with E-state index in [-0.39, 0.29) is 6.61 Å². The highest BCUT2D eigenvalue weighted by molar-refractivity contribution is 4.66. The summed E-state index contributed by atoms with van der Waals surface area (Å²) in [4.78, 5) is 0. The van der Waals surface area contributed by atoms with Crippen LogP contribution in [-0.4, -0.2) is 50.9 Å². The maximum atomic E-state index is 8.23. The molecule has 1 unspecified atom stereocenters. The normalized spacial score (nSPS) is 14.8. The summed E-state index contributed by atoms with van der Waals surface area (Å²) < 4.78 is 15.6. The molecule has 0 bridgehead atoms. The minimum absolute atomic E-state index is 0.104. The van der Waals surface area contributed by atoms with Gasteiger partial charge in [-0.05, 0) is 12.8 Å². The highest BCUT2D eigenvalue weighted by atomic mass is 16.6. The van der Waals surface area contributed by atoms with Gasteiger partial charge < -0.3 is 19.3 Å². The number of epoxide rings is 1. The van der Waals surface area contributed by atoms with Crippen molar-refractivity contribution in [3.8, 4) is 0 Å². The average molecular weight is 473 g/mol. The number of hydrogen-bond acceptors (Lipinski definition) is 4. The Balaban J connectivity index is 0.00000106. The summed E-state index contributed by atoms with van der Waals surface area (Å²) in [5.41, 5.74) is 0. The second-order valence-corrected chi connectivity index (χ2v) is 9.73. The van der Waals surface area contributed by atoms with Crippen LogP contribution in [0.4, 0.5) is 0 Å². The van der Waals surface area contributed by atoms with Crippen molar-refractivity contribution in [1.82, 2.24) is 0 Å². The molecule has 0 aliphatic carbocycles. The summed E-state index contributed by atoms with van der Waals surface area (Å²) in [6.07, 6.45) is 28.5. The Morgan fingerprint density at radius 1 is 0.545 bits per heavy atom. The van der Waals surface area contributed by atoms with Crippen LogP contribution in [0.3, 0.4) is 0 Å². The van der Waals surface area contributed by atoms with Crippen molar-refractivity contribution in [2.75, 3.05) is 39.6 Å². The van der Waals surface area contributed by atoms with Gasteiger partial charge in [-0.3, -0.25) is 0 Å². The van der Waals surface area contributed by atoms with Gasteiger partial charge in [0.15, 0.2) is 0 Å². The predicted octanol–water partition coefficient (Wildman–Crippen LogP) is 8.24. The van der Waals surface area contributed by atoms with Crippen LogP contribution < -0.4 is 0 Å². The van der Waals surface area contributed by atoms with Gasteiger partial charge in [0.1, 0.15) is 6.10 Å². The lowest BCUT2D eigenvalue weighted by molar-refractivity contribution is 0.0810. The lowest BCUT2D eigenvalue weighted by atomic mass is 10.1. The lowest BCUT2D eigenvalue weighted by Crippen LogP contribution is -2.04. The Hall–Kier alpha value is -0.160. The summed E-state index contributed by atoms with van der Waals surface area (Å²) in [5, 5.41) is 8.23. The van der Waals surface area contributed by atoms with Gasteiger partial charge in [0.25, 0.3) is 0 Å². The topological polar surface area (TPSA) is 51.2 Å². The van der Waals surface area contributed by atoms with Crippen molar-refractivity contribution in [2.24, 2.45) is 0 Å². The molecule has 0 saturated carbocycles. The molecule has 0 aromatic heterocycles. The molecule has 1 fully saturated rings. The van der Waals surface area contributed by atoms with Gasteiger partial charge in [-0.25, -0.2) is 0 Å². The minimum Gasteiger partial charge on any atom is -0.394 e. The van der Waals surface area contributed by atoms with Crippen molar-refractivity contribution in [2.45, 2.75) is 148 Å². The molecule has 1 N–H and O–H groups in total. The molecule has 1 saturated heterocycles. The van der Waals surface area contributed by atoms with E-state index >= 15 is 0 Å². The second kappa shape index (κ2) is 29.9. The van der Waals surface area contributed by atoms with E-state index in [1.165, 1.54) is 128 Å². The molecule has 1 rings (SSSR count). The van der Waals surface area contributed by atoms with Gasteiger partial charge in [-0.2, -0.15) is 0 Å². The molecule has 4 nitrogen and oxygen atoms in total. The molecule has 1 heterocycles. The van der Waals surface area contributed by atoms with Crippen LogP contribution in [0.2, 0.25) is 0 Å². The largest absolute Gasteiger partial charge is 0.394 e. The van der Waals surface area contributed by atoms with E-state index < -0.39 is 0 Å². The monoisotopic (exact) mass is 472 g/mol. The van der Waals surface area contributed by atoms with Gasteiger partial charge in [0.2, 0.25) is 0 Å². The number of unbranched alkanes of at least 4 members (excludes halogenated alkanes) is 18. The molecule has 0 aromatic carbocycles. The van der Waals surface area contributed by atoms with Crippen LogP contribution in [0.1, 0.15) is 142 Å². The van der Waals surface area contributed by atoms with E-state index in [1.807, 2.05) is 0 Å². The Morgan fingerprint density at radius 2 is 0.909 bits per heavy atom. The fourth-order valence-electron chi connectivity index (χ4n) is 3.93. The second-order valence-electron chi connectivity index (χ2n) is 9.73. The molecule has 1 aliphatic heterocycles. The molecular formula is C29H60O4. The third-order valence-electron chi connectivity index (χ3n) is 6.23. The predicted molar refractivity (Wildman–Crippen MR) is 142 cm³/mol. The molecule has 33 heavy (non-hydrogen) atoms. The van der Waals surface area contributed by atoms with Gasteiger partial charge >= 0.3 is 0 Å². The van der Waals surface area contributed by atoms with E-state index in [0.717, 1.165) is 19.8 Å². The highest BCUT2D eigenvalue weighted by Gasteiger charge is 2.21. The highest BCUT2D eigenvalue weighted by Crippen LogP contribution is 2.12. The molecule has 0 aromatic rings. The molecule has 200 valence electrons. The smallest absolute Gasteiger partial charge is 0.104 e. The minimum atomic E-state index is 0.104. The zero-order valence-electron chi connectivity index (χ0n) is 22.6. The first-order valence-corrected chi connectivity index (χ1v) is 14.7. The van der Waals surface area contributed by atoms with E-state index in [9.17, 15) is 0 Å². The third-order valence-corrected chi connectivity index (χ3v) is 6.23. The number of hydrogen-bond donors (Lipinski definition) is 1.